The number of aromatic nitrogens is 2. The molecule has 2 aromatic heterocycles. The smallest absolute Gasteiger partial charge is 0.138 e. The molecule has 5 heteroatoms. The molecule has 0 saturated carbocycles. The summed E-state index contributed by atoms with van der Waals surface area (Å²) >= 11 is 0. The van der Waals surface area contributed by atoms with E-state index in [0.717, 1.165) is 37.5 Å². The van der Waals surface area contributed by atoms with Gasteiger partial charge < -0.3 is 15.1 Å². The summed E-state index contributed by atoms with van der Waals surface area (Å²) in [6.45, 7) is 6.12. The van der Waals surface area contributed by atoms with Crippen molar-refractivity contribution in [2.24, 2.45) is 0 Å². The Bertz CT molecular complexity index is 604. The summed E-state index contributed by atoms with van der Waals surface area (Å²) in [5.74, 6) is 1.26. The van der Waals surface area contributed by atoms with Gasteiger partial charge >= 0.3 is 0 Å². The summed E-state index contributed by atoms with van der Waals surface area (Å²) in [7, 11) is 4.33. The van der Waals surface area contributed by atoms with Gasteiger partial charge in [0.05, 0.1) is 5.69 Å². The van der Waals surface area contributed by atoms with Gasteiger partial charge in [-0.15, -0.1) is 0 Å². The van der Waals surface area contributed by atoms with Crippen LogP contribution in [-0.4, -0.2) is 54.1 Å². The van der Waals surface area contributed by atoms with Crippen molar-refractivity contribution < 1.29 is 0 Å². The Labute approximate surface area is 126 Å². The number of hydrogen-bond acceptors (Lipinski definition) is 4. The maximum Gasteiger partial charge on any atom is 0.138 e. The number of imidazole rings is 1. The number of rotatable bonds is 5. The Balaban J connectivity index is 1.87. The number of nitrogens with zero attached hydrogens (tertiary/aromatic N) is 4. The van der Waals surface area contributed by atoms with E-state index in [1.54, 1.807) is 0 Å². The predicted octanol–water partition coefficient (Wildman–Crippen LogP) is 1.58. The van der Waals surface area contributed by atoms with E-state index in [9.17, 15) is 0 Å². The first kappa shape index (κ1) is 14.4. The SMILES string of the molecule is CCNCc1cn2c(N3CCC(N(C)C)C3)cccc2n1. The monoisotopic (exact) mass is 287 g/mol. The van der Waals surface area contributed by atoms with E-state index >= 15 is 0 Å². The zero-order valence-corrected chi connectivity index (χ0v) is 13.2. The molecular formula is C16H25N5. The van der Waals surface area contributed by atoms with Gasteiger partial charge in [0.2, 0.25) is 0 Å². The van der Waals surface area contributed by atoms with E-state index in [1.807, 2.05) is 0 Å². The Morgan fingerprint density at radius 2 is 2.24 bits per heavy atom. The summed E-state index contributed by atoms with van der Waals surface area (Å²) in [5, 5.41) is 3.34. The molecule has 2 aromatic rings. The molecule has 0 amide bonds. The summed E-state index contributed by atoms with van der Waals surface area (Å²) < 4.78 is 2.23. The van der Waals surface area contributed by atoms with E-state index in [1.165, 1.54) is 12.2 Å². The predicted molar refractivity (Wildman–Crippen MR) is 86.9 cm³/mol. The fourth-order valence-electron chi connectivity index (χ4n) is 3.01. The Hall–Kier alpha value is -1.59. The number of likely N-dealkylation sites (N-methyl/N-ethyl adjacent to an activating group) is 1. The normalized spacial score (nSPS) is 19.0. The molecule has 1 atom stereocenters. The van der Waals surface area contributed by atoms with Crippen LogP contribution in [0.25, 0.3) is 5.65 Å². The fraction of sp³-hybridized carbons (Fsp3) is 0.562. The van der Waals surface area contributed by atoms with Crippen LogP contribution in [0.3, 0.4) is 0 Å². The van der Waals surface area contributed by atoms with Crippen molar-refractivity contribution in [3.05, 3.63) is 30.1 Å². The van der Waals surface area contributed by atoms with Crippen molar-refractivity contribution in [2.45, 2.75) is 25.9 Å². The molecule has 0 bridgehead atoms. The lowest BCUT2D eigenvalue weighted by atomic mass is 10.2. The van der Waals surface area contributed by atoms with Crippen molar-refractivity contribution in [3.63, 3.8) is 0 Å². The highest BCUT2D eigenvalue weighted by molar-refractivity contribution is 5.53. The number of hydrogen-bond donors (Lipinski definition) is 1. The lowest BCUT2D eigenvalue weighted by molar-refractivity contribution is 0.315. The lowest BCUT2D eigenvalue weighted by Crippen LogP contribution is -2.32. The zero-order chi connectivity index (χ0) is 14.8. The van der Waals surface area contributed by atoms with Crippen molar-refractivity contribution >= 4 is 11.5 Å². The molecular weight excluding hydrogens is 262 g/mol. The summed E-state index contributed by atoms with van der Waals surface area (Å²) in [4.78, 5) is 9.49. The van der Waals surface area contributed by atoms with Gasteiger partial charge in [-0.25, -0.2) is 4.98 Å². The number of fused-ring (bicyclic) bond motifs is 1. The fourth-order valence-corrected chi connectivity index (χ4v) is 3.01. The van der Waals surface area contributed by atoms with E-state index in [4.69, 9.17) is 4.98 Å². The molecule has 1 aliphatic rings. The largest absolute Gasteiger partial charge is 0.356 e. The van der Waals surface area contributed by atoms with E-state index in [0.29, 0.717) is 6.04 Å². The molecule has 0 radical (unpaired) electrons. The van der Waals surface area contributed by atoms with Gasteiger partial charge in [0.1, 0.15) is 11.5 Å². The van der Waals surface area contributed by atoms with Crippen molar-refractivity contribution in [3.8, 4) is 0 Å². The molecule has 0 aromatic carbocycles. The second-order valence-electron chi connectivity index (χ2n) is 5.98. The van der Waals surface area contributed by atoms with Gasteiger partial charge in [0.25, 0.3) is 0 Å². The van der Waals surface area contributed by atoms with Crippen LogP contribution >= 0.6 is 0 Å². The summed E-state index contributed by atoms with van der Waals surface area (Å²) in [6, 6.07) is 7.03. The molecule has 1 N–H and O–H groups in total. The van der Waals surface area contributed by atoms with E-state index in [-0.39, 0.29) is 0 Å². The topological polar surface area (TPSA) is 35.8 Å². The minimum absolute atomic E-state index is 0.644. The van der Waals surface area contributed by atoms with Crippen LogP contribution in [0.2, 0.25) is 0 Å². The van der Waals surface area contributed by atoms with Crippen LogP contribution in [0, 0.1) is 0 Å². The highest BCUT2D eigenvalue weighted by Gasteiger charge is 2.25. The number of pyridine rings is 1. The minimum Gasteiger partial charge on any atom is -0.356 e. The van der Waals surface area contributed by atoms with E-state index < -0.39 is 0 Å². The van der Waals surface area contributed by atoms with Gasteiger partial charge in [0.15, 0.2) is 0 Å². The second-order valence-corrected chi connectivity index (χ2v) is 5.98. The standard InChI is InChI=1S/C16H25N5/c1-4-17-10-13-11-21-15(18-13)6-5-7-16(21)20-9-8-14(12-20)19(2)3/h5-7,11,14,17H,4,8-10,12H2,1-3H3. The molecule has 1 unspecified atom stereocenters. The molecule has 1 saturated heterocycles. The van der Waals surface area contributed by atoms with Gasteiger partial charge in [-0.1, -0.05) is 13.0 Å². The Morgan fingerprint density at radius 1 is 1.38 bits per heavy atom. The summed E-state index contributed by atoms with van der Waals surface area (Å²) in [5.41, 5.74) is 2.14. The van der Waals surface area contributed by atoms with Crippen LogP contribution < -0.4 is 10.2 Å². The molecule has 3 rings (SSSR count). The Morgan fingerprint density at radius 3 is 2.95 bits per heavy atom. The van der Waals surface area contributed by atoms with Crippen LogP contribution in [0.5, 0.6) is 0 Å². The van der Waals surface area contributed by atoms with E-state index in [2.05, 4.69) is 64.9 Å². The molecule has 114 valence electrons. The molecule has 1 aliphatic heterocycles. The lowest BCUT2D eigenvalue weighted by Gasteiger charge is -2.22. The molecule has 21 heavy (non-hydrogen) atoms. The van der Waals surface area contributed by atoms with Crippen LogP contribution in [0.15, 0.2) is 24.4 Å². The third-order valence-electron chi connectivity index (χ3n) is 4.29. The molecule has 3 heterocycles. The molecule has 1 fully saturated rings. The highest BCUT2D eigenvalue weighted by atomic mass is 15.3. The van der Waals surface area contributed by atoms with Crippen molar-refractivity contribution in [1.29, 1.82) is 0 Å². The number of nitrogens with one attached hydrogen (secondary N) is 1. The van der Waals surface area contributed by atoms with Crippen LogP contribution in [0.1, 0.15) is 19.0 Å². The summed E-state index contributed by atoms with van der Waals surface area (Å²) in [6.07, 6.45) is 3.39. The first-order valence-corrected chi connectivity index (χ1v) is 7.78. The third-order valence-corrected chi connectivity index (χ3v) is 4.29. The molecule has 5 nitrogen and oxygen atoms in total. The maximum atomic E-state index is 4.70. The van der Waals surface area contributed by atoms with Gasteiger partial charge in [-0.2, -0.15) is 0 Å². The molecule has 0 spiro atoms. The van der Waals surface area contributed by atoms with Crippen LogP contribution in [-0.2, 0) is 6.54 Å². The Kier molecular flexibility index (Phi) is 4.12. The van der Waals surface area contributed by atoms with Gasteiger partial charge in [-0.05, 0) is 39.2 Å². The molecule has 0 aliphatic carbocycles. The average Bonchev–Trinajstić information content (AvgIpc) is 3.10. The second kappa shape index (κ2) is 6.03. The van der Waals surface area contributed by atoms with Crippen molar-refractivity contribution in [2.75, 3.05) is 38.6 Å². The highest BCUT2D eigenvalue weighted by Crippen LogP contribution is 2.23. The first-order valence-electron chi connectivity index (χ1n) is 7.78. The van der Waals surface area contributed by atoms with Gasteiger partial charge in [-0.3, -0.25) is 4.40 Å². The number of anilines is 1. The van der Waals surface area contributed by atoms with Gasteiger partial charge in [0, 0.05) is 31.9 Å². The van der Waals surface area contributed by atoms with Crippen LogP contribution in [0.4, 0.5) is 5.82 Å². The van der Waals surface area contributed by atoms with Crippen molar-refractivity contribution in [1.82, 2.24) is 19.6 Å². The maximum absolute atomic E-state index is 4.70. The zero-order valence-electron chi connectivity index (χ0n) is 13.2. The first-order chi connectivity index (χ1) is 10.2. The average molecular weight is 287 g/mol. The minimum atomic E-state index is 0.644. The third kappa shape index (κ3) is 2.89. The quantitative estimate of drug-likeness (QED) is 0.906.